The summed E-state index contributed by atoms with van der Waals surface area (Å²) in [5.74, 6) is 0. The third-order valence-corrected chi connectivity index (χ3v) is 3.74. The minimum Gasteiger partial charge on any atom is -0.0891 e. The van der Waals surface area contributed by atoms with Crippen LogP contribution in [-0.2, 0) is 6.42 Å². The summed E-state index contributed by atoms with van der Waals surface area (Å²) in [4.78, 5) is 0.714. The second kappa shape index (κ2) is 7.05. The standard InChI is InChI=1S/C14H21Br/c1-3-7-14(15)11-6-10-13-9-5-4-8-12(13)2/h4-5,8-9,14H,3,6-7,10-11H2,1-2H3. The molecule has 0 spiro atoms. The van der Waals surface area contributed by atoms with Crippen LogP contribution in [0.1, 0.15) is 43.7 Å². The first-order valence-corrected chi connectivity index (χ1v) is 6.84. The molecule has 1 heteroatoms. The molecule has 15 heavy (non-hydrogen) atoms. The lowest BCUT2D eigenvalue weighted by Gasteiger charge is -2.09. The molecule has 0 N–H and O–H groups in total. The molecule has 1 unspecified atom stereocenters. The van der Waals surface area contributed by atoms with Gasteiger partial charge in [0, 0.05) is 4.83 Å². The van der Waals surface area contributed by atoms with Gasteiger partial charge in [-0.05, 0) is 43.7 Å². The molecule has 1 atom stereocenters. The zero-order chi connectivity index (χ0) is 11.1. The van der Waals surface area contributed by atoms with E-state index < -0.39 is 0 Å². The summed E-state index contributed by atoms with van der Waals surface area (Å²) < 4.78 is 0. The zero-order valence-electron chi connectivity index (χ0n) is 9.80. The second-order valence-corrected chi connectivity index (χ2v) is 5.50. The van der Waals surface area contributed by atoms with E-state index in [-0.39, 0.29) is 0 Å². The number of aryl methyl sites for hydroxylation is 2. The van der Waals surface area contributed by atoms with Crippen LogP contribution in [0.4, 0.5) is 0 Å². The van der Waals surface area contributed by atoms with Crippen molar-refractivity contribution in [3.63, 3.8) is 0 Å². The molecule has 1 aromatic carbocycles. The van der Waals surface area contributed by atoms with Crippen molar-refractivity contribution in [2.24, 2.45) is 0 Å². The molecule has 84 valence electrons. The highest BCUT2D eigenvalue weighted by molar-refractivity contribution is 9.09. The highest BCUT2D eigenvalue weighted by Crippen LogP contribution is 2.17. The van der Waals surface area contributed by atoms with E-state index in [1.807, 2.05) is 0 Å². The molecule has 0 aliphatic heterocycles. The molecule has 0 aromatic heterocycles. The zero-order valence-corrected chi connectivity index (χ0v) is 11.4. The summed E-state index contributed by atoms with van der Waals surface area (Å²) in [7, 11) is 0. The molecule has 0 bridgehead atoms. The first-order valence-electron chi connectivity index (χ1n) is 5.92. The van der Waals surface area contributed by atoms with Crippen LogP contribution in [-0.4, -0.2) is 4.83 Å². The summed E-state index contributed by atoms with van der Waals surface area (Å²) in [6.07, 6.45) is 6.38. The van der Waals surface area contributed by atoms with Crippen molar-refractivity contribution in [3.05, 3.63) is 35.4 Å². The second-order valence-electron chi connectivity index (χ2n) is 4.20. The van der Waals surface area contributed by atoms with Crippen molar-refractivity contribution < 1.29 is 0 Å². The van der Waals surface area contributed by atoms with Crippen molar-refractivity contribution in [2.45, 2.75) is 50.8 Å². The molecule has 0 heterocycles. The Balaban J connectivity index is 2.29. The maximum atomic E-state index is 3.73. The van der Waals surface area contributed by atoms with E-state index in [9.17, 15) is 0 Å². The largest absolute Gasteiger partial charge is 0.0891 e. The Bertz CT molecular complexity index is 280. The minimum absolute atomic E-state index is 0.714. The van der Waals surface area contributed by atoms with E-state index in [0.717, 1.165) is 0 Å². The summed E-state index contributed by atoms with van der Waals surface area (Å²) >= 11 is 3.73. The van der Waals surface area contributed by atoms with Crippen LogP contribution in [0.25, 0.3) is 0 Å². The molecule has 0 amide bonds. The van der Waals surface area contributed by atoms with Crippen LogP contribution >= 0.6 is 15.9 Å². The van der Waals surface area contributed by atoms with E-state index in [0.29, 0.717) is 4.83 Å². The van der Waals surface area contributed by atoms with Crippen LogP contribution in [0.15, 0.2) is 24.3 Å². The van der Waals surface area contributed by atoms with E-state index in [1.165, 1.54) is 43.2 Å². The molecule has 0 aliphatic rings. The Labute approximate surface area is 102 Å². The normalized spacial score (nSPS) is 12.7. The van der Waals surface area contributed by atoms with Crippen LogP contribution in [0.5, 0.6) is 0 Å². The third kappa shape index (κ3) is 4.83. The predicted octanol–water partition coefficient (Wildman–Crippen LogP) is 4.88. The molecule has 1 rings (SSSR count). The Kier molecular flexibility index (Phi) is 6.00. The van der Waals surface area contributed by atoms with Crippen molar-refractivity contribution in [2.75, 3.05) is 0 Å². The third-order valence-electron chi connectivity index (χ3n) is 2.83. The van der Waals surface area contributed by atoms with Crippen LogP contribution < -0.4 is 0 Å². The SMILES string of the molecule is CCCC(Br)CCCc1ccccc1C. The molecule has 0 saturated heterocycles. The van der Waals surface area contributed by atoms with E-state index in [2.05, 4.69) is 54.0 Å². The lowest BCUT2D eigenvalue weighted by molar-refractivity contribution is 0.654. The minimum atomic E-state index is 0.714. The van der Waals surface area contributed by atoms with Crippen molar-refractivity contribution in [1.82, 2.24) is 0 Å². The van der Waals surface area contributed by atoms with Gasteiger partial charge in [-0.3, -0.25) is 0 Å². The molecule has 0 saturated carbocycles. The Morgan fingerprint density at radius 1 is 1.20 bits per heavy atom. The van der Waals surface area contributed by atoms with Gasteiger partial charge in [0.2, 0.25) is 0 Å². The fourth-order valence-electron chi connectivity index (χ4n) is 1.86. The topological polar surface area (TPSA) is 0 Å². The van der Waals surface area contributed by atoms with Gasteiger partial charge in [-0.2, -0.15) is 0 Å². The van der Waals surface area contributed by atoms with Gasteiger partial charge in [0.1, 0.15) is 0 Å². The van der Waals surface area contributed by atoms with Gasteiger partial charge in [-0.1, -0.05) is 53.5 Å². The molecule has 0 fully saturated rings. The van der Waals surface area contributed by atoms with Crippen LogP contribution in [0.3, 0.4) is 0 Å². The maximum absolute atomic E-state index is 3.73. The fraction of sp³-hybridized carbons (Fsp3) is 0.571. The number of hydrogen-bond acceptors (Lipinski definition) is 0. The first kappa shape index (κ1) is 12.8. The summed E-state index contributed by atoms with van der Waals surface area (Å²) in [5, 5.41) is 0. The van der Waals surface area contributed by atoms with Gasteiger partial charge < -0.3 is 0 Å². The van der Waals surface area contributed by atoms with Gasteiger partial charge >= 0.3 is 0 Å². The molecule has 0 radical (unpaired) electrons. The highest BCUT2D eigenvalue weighted by atomic mass is 79.9. The van der Waals surface area contributed by atoms with E-state index in [4.69, 9.17) is 0 Å². The fourth-order valence-corrected chi connectivity index (χ4v) is 2.64. The smallest absolute Gasteiger partial charge is 0.0145 e. The molecular weight excluding hydrogens is 248 g/mol. The van der Waals surface area contributed by atoms with Crippen molar-refractivity contribution >= 4 is 15.9 Å². The van der Waals surface area contributed by atoms with Crippen LogP contribution in [0.2, 0.25) is 0 Å². The number of alkyl halides is 1. The molecule has 0 aliphatic carbocycles. The lowest BCUT2D eigenvalue weighted by Crippen LogP contribution is -1.98. The Hall–Kier alpha value is -0.300. The first-order chi connectivity index (χ1) is 7.24. The van der Waals surface area contributed by atoms with Crippen LogP contribution in [0, 0.1) is 6.92 Å². The summed E-state index contributed by atoms with van der Waals surface area (Å²) in [6, 6.07) is 8.70. The number of hydrogen-bond donors (Lipinski definition) is 0. The average molecular weight is 269 g/mol. The quantitative estimate of drug-likeness (QED) is 0.645. The Morgan fingerprint density at radius 3 is 2.60 bits per heavy atom. The summed E-state index contributed by atoms with van der Waals surface area (Å²) in [6.45, 7) is 4.45. The molecule has 0 nitrogen and oxygen atoms in total. The lowest BCUT2D eigenvalue weighted by atomic mass is 10.0. The maximum Gasteiger partial charge on any atom is 0.0145 e. The monoisotopic (exact) mass is 268 g/mol. The number of rotatable bonds is 6. The number of benzene rings is 1. The average Bonchev–Trinajstić information content (AvgIpc) is 2.21. The van der Waals surface area contributed by atoms with Crippen molar-refractivity contribution in [1.29, 1.82) is 0 Å². The van der Waals surface area contributed by atoms with Crippen molar-refractivity contribution in [3.8, 4) is 0 Å². The summed E-state index contributed by atoms with van der Waals surface area (Å²) in [5.41, 5.74) is 2.94. The van der Waals surface area contributed by atoms with Gasteiger partial charge in [-0.15, -0.1) is 0 Å². The number of halogens is 1. The van der Waals surface area contributed by atoms with E-state index >= 15 is 0 Å². The Morgan fingerprint density at radius 2 is 1.93 bits per heavy atom. The van der Waals surface area contributed by atoms with E-state index in [1.54, 1.807) is 0 Å². The van der Waals surface area contributed by atoms with Gasteiger partial charge in [0.15, 0.2) is 0 Å². The molecule has 1 aromatic rings. The van der Waals surface area contributed by atoms with Gasteiger partial charge in [0.25, 0.3) is 0 Å². The van der Waals surface area contributed by atoms with Gasteiger partial charge in [-0.25, -0.2) is 0 Å². The molecular formula is C14H21Br. The highest BCUT2D eigenvalue weighted by Gasteiger charge is 2.03. The predicted molar refractivity (Wildman–Crippen MR) is 71.7 cm³/mol. The van der Waals surface area contributed by atoms with Gasteiger partial charge in [0.05, 0.1) is 0 Å².